The van der Waals surface area contributed by atoms with Gasteiger partial charge in [-0.2, -0.15) is 4.91 Å². The fourth-order valence-corrected chi connectivity index (χ4v) is 0.444. The molecule has 0 aliphatic heterocycles. The van der Waals surface area contributed by atoms with Gasteiger partial charge >= 0.3 is 0 Å². The average molecular weight is 142 g/mol. The van der Waals surface area contributed by atoms with Gasteiger partial charge in [0.15, 0.2) is 5.88 Å². The summed E-state index contributed by atoms with van der Waals surface area (Å²) in [7, 11) is 1.42. The van der Waals surface area contributed by atoms with Gasteiger partial charge in [-0.05, 0) is 0 Å². The number of nitrogens with zero attached hydrogens (tertiary/aromatic N) is 1. The summed E-state index contributed by atoms with van der Waals surface area (Å²) in [6.45, 7) is 3.44. The zero-order chi connectivity index (χ0) is 7.98. The van der Waals surface area contributed by atoms with Crippen LogP contribution in [0.15, 0.2) is 29.3 Å². The Hall–Kier alpha value is -1.32. The fraction of sp³-hybridized carbons (Fsp3) is 0.333. The summed E-state index contributed by atoms with van der Waals surface area (Å²) in [5.74, 6) is 0.189. The Morgan fingerprint density at radius 1 is 1.90 bits per heavy atom. The standard InChI is InChI=1S/C6H10N2O2/c1-3-5(4-8-9)6(7)10-2/h3H,1,4,7H2,2H3/b6-5-. The minimum absolute atomic E-state index is 0.00315. The van der Waals surface area contributed by atoms with Crippen molar-refractivity contribution in [2.24, 2.45) is 10.9 Å². The summed E-state index contributed by atoms with van der Waals surface area (Å²) >= 11 is 0. The second-order valence-electron chi connectivity index (χ2n) is 1.58. The summed E-state index contributed by atoms with van der Waals surface area (Å²) in [6.07, 6.45) is 1.44. The highest BCUT2D eigenvalue weighted by molar-refractivity contribution is 5.20. The van der Waals surface area contributed by atoms with Gasteiger partial charge in [-0.1, -0.05) is 17.8 Å². The van der Waals surface area contributed by atoms with E-state index in [-0.39, 0.29) is 12.4 Å². The van der Waals surface area contributed by atoms with Crippen LogP contribution >= 0.6 is 0 Å². The van der Waals surface area contributed by atoms with Gasteiger partial charge in [0.1, 0.15) is 6.54 Å². The quantitative estimate of drug-likeness (QED) is 0.358. The van der Waals surface area contributed by atoms with Crippen molar-refractivity contribution in [2.45, 2.75) is 0 Å². The lowest BCUT2D eigenvalue weighted by atomic mass is 10.3. The van der Waals surface area contributed by atoms with Crippen LogP contribution in [-0.4, -0.2) is 13.7 Å². The van der Waals surface area contributed by atoms with Crippen LogP contribution in [0.1, 0.15) is 0 Å². The van der Waals surface area contributed by atoms with Gasteiger partial charge in [-0.3, -0.25) is 0 Å². The van der Waals surface area contributed by atoms with Gasteiger partial charge in [0.25, 0.3) is 0 Å². The van der Waals surface area contributed by atoms with Crippen LogP contribution in [0.25, 0.3) is 0 Å². The van der Waals surface area contributed by atoms with Crippen molar-refractivity contribution < 1.29 is 4.74 Å². The average Bonchev–Trinajstić information content (AvgIpc) is 1.99. The number of ether oxygens (including phenoxy) is 1. The van der Waals surface area contributed by atoms with Crippen LogP contribution in [0.3, 0.4) is 0 Å². The normalized spacial score (nSPS) is 11.7. The van der Waals surface area contributed by atoms with Crippen molar-refractivity contribution in [1.82, 2.24) is 0 Å². The molecule has 4 heteroatoms. The smallest absolute Gasteiger partial charge is 0.188 e. The summed E-state index contributed by atoms with van der Waals surface area (Å²) in [6, 6.07) is 0. The molecular weight excluding hydrogens is 132 g/mol. The first-order valence-electron chi connectivity index (χ1n) is 2.70. The predicted octanol–water partition coefficient (Wildman–Crippen LogP) is 0.755. The van der Waals surface area contributed by atoms with Gasteiger partial charge in [0.05, 0.1) is 7.11 Å². The molecule has 0 saturated heterocycles. The molecule has 0 aromatic rings. The van der Waals surface area contributed by atoms with E-state index in [0.29, 0.717) is 5.57 Å². The van der Waals surface area contributed by atoms with E-state index in [4.69, 9.17) is 5.73 Å². The number of rotatable bonds is 4. The Morgan fingerprint density at radius 2 is 2.50 bits per heavy atom. The first-order valence-corrected chi connectivity index (χ1v) is 2.70. The fourth-order valence-electron chi connectivity index (χ4n) is 0.444. The second kappa shape index (κ2) is 4.55. The van der Waals surface area contributed by atoms with Crippen LogP contribution < -0.4 is 5.73 Å². The van der Waals surface area contributed by atoms with Crippen LogP contribution in [0.2, 0.25) is 0 Å². The van der Waals surface area contributed by atoms with E-state index in [1.165, 1.54) is 13.2 Å². The van der Waals surface area contributed by atoms with E-state index in [2.05, 4.69) is 16.5 Å². The molecule has 0 atom stereocenters. The van der Waals surface area contributed by atoms with Crippen molar-refractivity contribution in [1.29, 1.82) is 0 Å². The van der Waals surface area contributed by atoms with Crippen LogP contribution in [0.5, 0.6) is 0 Å². The first-order chi connectivity index (χ1) is 4.76. The van der Waals surface area contributed by atoms with Gasteiger partial charge in [0.2, 0.25) is 0 Å². The zero-order valence-electron chi connectivity index (χ0n) is 5.83. The Balaban J connectivity index is 4.27. The second-order valence-corrected chi connectivity index (χ2v) is 1.58. The van der Waals surface area contributed by atoms with Crippen molar-refractivity contribution in [3.8, 4) is 0 Å². The predicted molar refractivity (Wildman–Crippen MR) is 39.1 cm³/mol. The SMILES string of the molecule is C=C/C(CN=O)=C(\N)OC. The van der Waals surface area contributed by atoms with E-state index in [0.717, 1.165) is 0 Å². The third-order valence-corrected chi connectivity index (χ3v) is 1.02. The van der Waals surface area contributed by atoms with Crippen LogP contribution in [0.4, 0.5) is 0 Å². The Morgan fingerprint density at radius 3 is 2.80 bits per heavy atom. The van der Waals surface area contributed by atoms with Gasteiger partial charge in [-0.25, -0.2) is 0 Å². The summed E-state index contributed by atoms with van der Waals surface area (Å²) < 4.78 is 4.64. The first kappa shape index (κ1) is 8.68. The van der Waals surface area contributed by atoms with E-state index < -0.39 is 0 Å². The van der Waals surface area contributed by atoms with Gasteiger partial charge in [-0.15, -0.1) is 0 Å². The molecule has 4 nitrogen and oxygen atoms in total. The van der Waals surface area contributed by atoms with Crippen LogP contribution in [-0.2, 0) is 4.74 Å². The van der Waals surface area contributed by atoms with Crippen molar-refractivity contribution in [3.63, 3.8) is 0 Å². The minimum Gasteiger partial charge on any atom is -0.482 e. The third-order valence-electron chi connectivity index (χ3n) is 1.02. The molecule has 10 heavy (non-hydrogen) atoms. The van der Waals surface area contributed by atoms with Crippen molar-refractivity contribution in [3.05, 3.63) is 29.0 Å². The lowest BCUT2D eigenvalue weighted by Gasteiger charge is -2.01. The molecule has 0 amide bonds. The lowest BCUT2D eigenvalue weighted by molar-refractivity contribution is 0.283. The zero-order valence-corrected chi connectivity index (χ0v) is 5.83. The molecule has 2 N–H and O–H groups in total. The molecule has 0 aliphatic rings. The number of nitrogens with two attached hydrogens (primary N) is 1. The Bertz CT molecular complexity index is 163. The molecule has 0 rings (SSSR count). The van der Waals surface area contributed by atoms with Crippen molar-refractivity contribution in [2.75, 3.05) is 13.7 Å². The van der Waals surface area contributed by atoms with E-state index in [1.807, 2.05) is 0 Å². The molecule has 0 bridgehead atoms. The van der Waals surface area contributed by atoms with Crippen LogP contribution in [0, 0.1) is 4.91 Å². The number of hydrogen-bond donors (Lipinski definition) is 1. The molecule has 0 aromatic carbocycles. The maximum absolute atomic E-state index is 9.75. The molecule has 0 spiro atoms. The monoisotopic (exact) mass is 142 g/mol. The minimum atomic E-state index is 0.00315. The topological polar surface area (TPSA) is 64.7 Å². The number of methoxy groups -OCH3 is 1. The third kappa shape index (κ3) is 2.30. The molecular formula is C6H10N2O2. The molecule has 0 heterocycles. The Labute approximate surface area is 59.3 Å². The molecule has 0 aliphatic carbocycles. The molecule has 0 fully saturated rings. The summed E-state index contributed by atoms with van der Waals surface area (Å²) in [4.78, 5) is 9.75. The van der Waals surface area contributed by atoms with Gasteiger partial charge < -0.3 is 10.5 Å². The highest BCUT2D eigenvalue weighted by Crippen LogP contribution is 2.00. The van der Waals surface area contributed by atoms with E-state index >= 15 is 0 Å². The maximum atomic E-state index is 9.75. The highest BCUT2D eigenvalue weighted by atomic mass is 16.5. The number of nitroso groups, excluding NO2 is 1. The Kier molecular flexibility index (Phi) is 3.95. The maximum Gasteiger partial charge on any atom is 0.188 e. The molecule has 56 valence electrons. The molecule has 0 unspecified atom stereocenters. The molecule has 0 radical (unpaired) electrons. The lowest BCUT2D eigenvalue weighted by Crippen LogP contribution is -2.04. The van der Waals surface area contributed by atoms with Crippen molar-refractivity contribution >= 4 is 0 Å². The number of hydrogen-bond acceptors (Lipinski definition) is 4. The van der Waals surface area contributed by atoms with E-state index in [1.54, 1.807) is 0 Å². The largest absolute Gasteiger partial charge is 0.482 e. The van der Waals surface area contributed by atoms with Gasteiger partial charge in [0, 0.05) is 5.57 Å². The molecule has 0 aromatic heterocycles. The molecule has 0 saturated carbocycles. The summed E-state index contributed by atoms with van der Waals surface area (Å²) in [5.41, 5.74) is 5.81. The summed E-state index contributed by atoms with van der Waals surface area (Å²) in [5, 5.41) is 2.64. The highest BCUT2D eigenvalue weighted by Gasteiger charge is 1.97. The van der Waals surface area contributed by atoms with E-state index in [9.17, 15) is 4.91 Å².